The summed E-state index contributed by atoms with van der Waals surface area (Å²) in [5, 5.41) is 0.726. The molecule has 74 valence electrons. The van der Waals surface area contributed by atoms with E-state index in [2.05, 4.69) is 22.6 Å². The molecule has 3 heteroatoms. The molecule has 1 aromatic rings. The summed E-state index contributed by atoms with van der Waals surface area (Å²) in [6.07, 6.45) is 3.51. The molecule has 0 unspecified atom stereocenters. The lowest BCUT2D eigenvalue weighted by molar-refractivity contribution is 0.0218. The Hall–Kier alpha value is 0.170. The number of hydrogen-bond acceptors (Lipinski definition) is 0. The molecule has 0 spiro atoms. The highest BCUT2D eigenvalue weighted by Crippen LogP contribution is 2.72. The van der Waals surface area contributed by atoms with Crippen molar-refractivity contribution < 1.29 is 4.39 Å². The molecule has 0 nitrogen and oxygen atoms in total. The molecule has 0 saturated heterocycles. The Balaban J connectivity index is 2.01. The molecular weight excluding hydrogens is 313 g/mol. The second-order valence-corrected chi connectivity index (χ2v) is 7.28. The summed E-state index contributed by atoms with van der Waals surface area (Å²) in [5.74, 6) is -0.170. The predicted octanol–water partition coefficient (Wildman–Crippen LogP) is 4.09. The van der Waals surface area contributed by atoms with Gasteiger partial charge < -0.3 is 0 Å². The van der Waals surface area contributed by atoms with Crippen LogP contribution in [0.15, 0.2) is 18.2 Å². The summed E-state index contributed by atoms with van der Waals surface area (Å²) in [5.41, 5.74) is 1.25. The number of hydrogen-bond donors (Lipinski definition) is 0. The molecule has 0 N–H and O–H groups in total. The first kappa shape index (κ1) is 9.40. The van der Waals surface area contributed by atoms with Crippen LogP contribution in [0, 0.1) is 5.82 Å². The van der Waals surface area contributed by atoms with Gasteiger partial charge in [0, 0.05) is 13.9 Å². The minimum Gasteiger partial charge on any atom is -0.207 e. The molecule has 4 rings (SSSR count). The van der Waals surface area contributed by atoms with E-state index in [1.165, 1.54) is 25.3 Å². The molecule has 0 aromatic heterocycles. The number of rotatable bonds is 1. The first-order valence-corrected chi connectivity index (χ1v) is 6.13. The number of alkyl halides is 1. The van der Waals surface area contributed by atoms with Crippen molar-refractivity contribution in [1.82, 2.24) is 0 Å². The molecule has 0 atom stereocenters. The zero-order valence-corrected chi connectivity index (χ0v) is 10.4. The van der Waals surface area contributed by atoms with Gasteiger partial charge in [-0.2, -0.15) is 0 Å². The van der Waals surface area contributed by atoms with Crippen LogP contribution in [0.4, 0.5) is 4.39 Å². The quantitative estimate of drug-likeness (QED) is 0.540. The van der Waals surface area contributed by atoms with Crippen molar-refractivity contribution in [2.75, 3.05) is 0 Å². The smallest absolute Gasteiger partial charge is 0.123 e. The van der Waals surface area contributed by atoms with Crippen molar-refractivity contribution in [3.8, 4) is 0 Å². The molecule has 0 radical (unpaired) electrons. The topological polar surface area (TPSA) is 0 Å². The van der Waals surface area contributed by atoms with E-state index in [9.17, 15) is 4.39 Å². The lowest BCUT2D eigenvalue weighted by Crippen LogP contribution is -2.66. The molecule has 3 aliphatic rings. The van der Waals surface area contributed by atoms with Gasteiger partial charge in [-0.25, -0.2) is 4.39 Å². The first-order valence-electron chi connectivity index (χ1n) is 4.68. The summed E-state index contributed by atoms with van der Waals surface area (Å²) in [4.78, 5) is 0. The monoisotopic (exact) mass is 322 g/mol. The summed E-state index contributed by atoms with van der Waals surface area (Å²) in [7, 11) is 0. The van der Waals surface area contributed by atoms with Gasteiger partial charge in [-0.15, -0.1) is 0 Å². The molecule has 0 amide bonds. The molecule has 0 heterocycles. The van der Waals surface area contributed by atoms with Gasteiger partial charge >= 0.3 is 0 Å². The van der Waals surface area contributed by atoms with Crippen molar-refractivity contribution in [2.24, 2.45) is 0 Å². The molecule has 1 aromatic carbocycles. The molecule has 14 heavy (non-hydrogen) atoms. The van der Waals surface area contributed by atoms with E-state index in [4.69, 9.17) is 11.6 Å². The van der Waals surface area contributed by atoms with Gasteiger partial charge in [0.2, 0.25) is 0 Å². The molecule has 0 aliphatic heterocycles. The lowest BCUT2D eigenvalue weighted by atomic mass is 9.42. The Kier molecular flexibility index (Phi) is 1.77. The molecular formula is C11H9ClFI. The summed E-state index contributed by atoms with van der Waals surface area (Å²) in [6, 6.07) is 4.71. The van der Waals surface area contributed by atoms with Crippen LogP contribution in [0.25, 0.3) is 0 Å². The molecule has 3 fully saturated rings. The zero-order valence-electron chi connectivity index (χ0n) is 7.49. The third kappa shape index (κ3) is 1.10. The summed E-state index contributed by atoms with van der Waals surface area (Å²) >= 11 is 8.61. The molecule has 3 saturated carbocycles. The normalized spacial score (nSPS) is 38.8. The second kappa shape index (κ2) is 2.64. The maximum atomic E-state index is 13.1. The van der Waals surface area contributed by atoms with Crippen LogP contribution in [0.3, 0.4) is 0 Å². The summed E-state index contributed by atoms with van der Waals surface area (Å²) in [6.45, 7) is 0. The van der Waals surface area contributed by atoms with E-state index in [1.54, 1.807) is 12.1 Å². The van der Waals surface area contributed by atoms with Crippen LogP contribution < -0.4 is 0 Å². The van der Waals surface area contributed by atoms with Crippen molar-refractivity contribution in [3.63, 3.8) is 0 Å². The average Bonchev–Trinajstić information content (AvgIpc) is 2.02. The van der Waals surface area contributed by atoms with Gasteiger partial charge in [-0.3, -0.25) is 0 Å². The van der Waals surface area contributed by atoms with Gasteiger partial charge in [0.05, 0.1) is 0 Å². The third-order valence-corrected chi connectivity index (χ3v) is 4.94. The Morgan fingerprint density at radius 1 is 1.29 bits per heavy atom. The van der Waals surface area contributed by atoms with Crippen LogP contribution in [0.2, 0.25) is 5.02 Å². The van der Waals surface area contributed by atoms with Crippen molar-refractivity contribution in [3.05, 3.63) is 34.6 Å². The fraction of sp³-hybridized carbons (Fsp3) is 0.455. The molecule has 2 bridgehead atoms. The number of benzene rings is 1. The van der Waals surface area contributed by atoms with E-state index in [0.29, 0.717) is 3.42 Å². The van der Waals surface area contributed by atoms with Crippen LogP contribution in [-0.2, 0) is 5.41 Å². The fourth-order valence-corrected chi connectivity index (χ4v) is 5.36. The average molecular weight is 323 g/mol. The zero-order chi connectivity index (χ0) is 9.97. The van der Waals surface area contributed by atoms with Crippen molar-refractivity contribution in [1.29, 1.82) is 0 Å². The first-order chi connectivity index (χ1) is 6.53. The maximum absolute atomic E-state index is 13.1. The van der Waals surface area contributed by atoms with Gasteiger partial charge in [0.25, 0.3) is 0 Å². The fourth-order valence-electron chi connectivity index (χ4n) is 2.85. The van der Waals surface area contributed by atoms with E-state index in [-0.39, 0.29) is 11.2 Å². The van der Waals surface area contributed by atoms with Gasteiger partial charge in [-0.05, 0) is 43.0 Å². The minimum atomic E-state index is -0.170. The third-order valence-electron chi connectivity index (χ3n) is 3.47. The van der Waals surface area contributed by atoms with Gasteiger partial charge in [0.1, 0.15) is 5.82 Å². The Bertz CT molecular complexity index is 396. The van der Waals surface area contributed by atoms with Crippen LogP contribution in [0.5, 0.6) is 0 Å². The minimum absolute atomic E-state index is 0.170. The van der Waals surface area contributed by atoms with Crippen molar-refractivity contribution >= 4 is 34.2 Å². The highest BCUT2D eigenvalue weighted by atomic mass is 127. The summed E-state index contributed by atoms with van der Waals surface area (Å²) < 4.78 is 13.6. The van der Waals surface area contributed by atoms with E-state index >= 15 is 0 Å². The van der Waals surface area contributed by atoms with Crippen molar-refractivity contribution in [2.45, 2.75) is 28.1 Å². The SMILES string of the molecule is Fc1ccc(Cl)c(C23CC(I)(C2)C3)c1. The predicted molar refractivity (Wildman–Crippen MR) is 63.7 cm³/mol. The largest absolute Gasteiger partial charge is 0.207 e. The standard InChI is InChI=1S/C11H9ClFI/c12-9-2-1-7(13)3-8(9)10-4-11(14,5-10)6-10/h1-3H,4-6H2. The van der Waals surface area contributed by atoms with Crippen LogP contribution >= 0.6 is 34.2 Å². The van der Waals surface area contributed by atoms with Crippen LogP contribution in [0.1, 0.15) is 24.8 Å². The van der Waals surface area contributed by atoms with E-state index < -0.39 is 0 Å². The number of halogens is 3. The highest BCUT2D eigenvalue weighted by molar-refractivity contribution is 14.1. The Morgan fingerprint density at radius 2 is 1.93 bits per heavy atom. The Morgan fingerprint density at radius 3 is 2.50 bits per heavy atom. The van der Waals surface area contributed by atoms with Crippen LogP contribution in [-0.4, -0.2) is 3.42 Å². The second-order valence-electron chi connectivity index (χ2n) is 4.59. The maximum Gasteiger partial charge on any atom is 0.123 e. The van der Waals surface area contributed by atoms with E-state index in [1.807, 2.05) is 0 Å². The van der Waals surface area contributed by atoms with Gasteiger partial charge in [0.15, 0.2) is 0 Å². The van der Waals surface area contributed by atoms with E-state index in [0.717, 1.165) is 10.6 Å². The molecule has 3 aliphatic carbocycles. The highest BCUT2D eigenvalue weighted by Gasteiger charge is 2.67. The Labute approximate surface area is 101 Å². The van der Waals surface area contributed by atoms with Gasteiger partial charge in [-0.1, -0.05) is 34.2 Å². The lowest BCUT2D eigenvalue weighted by Gasteiger charge is -2.68.